The van der Waals surface area contributed by atoms with E-state index in [0.717, 1.165) is 6.42 Å². The van der Waals surface area contributed by atoms with Gasteiger partial charge in [0.05, 0.1) is 17.0 Å². The molecule has 1 aromatic carbocycles. The Bertz CT molecular complexity index is 639. The number of esters is 1. The molecule has 2 N–H and O–H groups in total. The molecular weight excluding hydrogens is 296 g/mol. The summed E-state index contributed by atoms with van der Waals surface area (Å²) in [5.74, 6) is -0.494. The van der Waals surface area contributed by atoms with Crippen LogP contribution in [0, 0.1) is 0 Å². The van der Waals surface area contributed by atoms with Crippen LogP contribution in [0.15, 0.2) is 29.2 Å². The molecule has 0 aromatic heterocycles. The number of amides is 1. The Kier molecular flexibility index (Phi) is 4.59. The standard InChI is InChI=1S/C13H16N2O5S/c14-21(18,19)11-5-3-10(4-6-11)13(17)20-9-8-15-7-1-2-12(15)16/h3-6H,1-2,7-9H2,(H2,14,18,19). The minimum Gasteiger partial charge on any atom is -0.460 e. The summed E-state index contributed by atoms with van der Waals surface area (Å²) >= 11 is 0. The van der Waals surface area contributed by atoms with Gasteiger partial charge in [0.2, 0.25) is 15.9 Å². The summed E-state index contributed by atoms with van der Waals surface area (Å²) in [7, 11) is -3.78. The molecule has 0 unspecified atom stereocenters. The largest absolute Gasteiger partial charge is 0.460 e. The number of benzene rings is 1. The zero-order valence-corrected chi connectivity index (χ0v) is 12.1. The van der Waals surface area contributed by atoms with Crippen LogP contribution in [0.2, 0.25) is 0 Å². The Morgan fingerprint density at radius 2 is 1.95 bits per heavy atom. The number of primary sulfonamides is 1. The minimum atomic E-state index is -3.78. The predicted molar refractivity (Wildman–Crippen MR) is 73.9 cm³/mol. The lowest BCUT2D eigenvalue weighted by Gasteiger charge is -2.15. The number of likely N-dealkylation sites (tertiary alicyclic amines) is 1. The third kappa shape index (κ3) is 4.02. The van der Waals surface area contributed by atoms with Crippen LogP contribution in [0.25, 0.3) is 0 Å². The van der Waals surface area contributed by atoms with Crippen LogP contribution >= 0.6 is 0 Å². The van der Waals surface area contributed by atoms with Crippen molar-refractivity contribution in [3.05, 3.63) is 29.8 Å². The molecule has 1 fully saturated rings. The van der Waals surface area contributed by atoms with Crippen LogP contribution in [0.3, 0.4) is 0 Å². The Morgan fingerprint density at radius 1 is 1.29 bits per heavy atom. The molecule has 2 rings (SSSR count). The maximum Gasteiger partial charge on any atom is 0.338 e. The fourth-order valence-electron chi connectivity index (χ4n) is 2.05. The Morgan fingerprint density at radius 3 is 2.48 bits per heavy atom. The Labute approximate surface area is 122 Å². The molecule has 1 aliphatic heterocycles. The summed E-state index contributed by atoms with van der Waals surface area (Å²) in [6.45, 7) is 1.18. The molecule has 0 aliphatic carbocycles. The van der Waals surface area contributed by atoms with E-state index < -0.39 is 16.0 Å². The molecule has 21 heavy (non-hydrogen) atoms. The molecule has 0 spiro atoms. The molecule has 1 saturated heterocycles. The summed E-state index contributed by atoms with van der Waals surface area (Å²) in [5, 5.41) is 4.96. The number of sulfonamides is 1. The number of hydrogen-bond acceptors (Lipinski definition) is 5. The van der Waals surface area contributed by atoms with E-state index in [4.69, 9.17) is 9.88 Å². The van der Waals surface area contributed by atoms with Gasteiger partial charge in [0.25, 0.3) is 0 Å². The third-order valence-electron chi connectivity index (χ3n) is 3.18. The van der Waals surface area contributed by atoms with E-state index in [1.54, 1.807) is 4.90 Å². The molecule has 1 heterocycles. The topological polar surface area (TPSA) is 107 Å². The van der Waals surface area contributed by atoms with E-state index in [1.807, 2.05) is 0 Å². The van der Waals surface area contributed by atoms with Gasteiger partial charge in [-0.1, -0.05) is 0 Å². The Hall–Kier alpha value is -1.93. The van der Waals surface area contributed by atoms with Crippen molar-refractivity contribution in [1.29, 1.82) is 0 Å². The molecule has 0 bridgehead atoms. The average molecular weight is 312 g/mol. The van der Waals surface area contributed by atoms with Gasteiger partial charge in [-0.05, 0) is 30.7 Å². The van der Waals surface area contributed by atoms with Gasteiger partial charge in [-0.25, -0.2) is 18.4 Å². The van der Waals surface area contributed by atoms with Gasteiger partial charge in [0, 0.05) is 13.0 Å². The second-order valence-corrected chi connectivity index (χ2v) is 6.25. The normalized spacial score (nSPS) is 15.3. The number of rotatable bonds is 5. The first-order valence-electron chi connectivity index (χ1n) is 6.46. The van der Waals surface area contributed by atoms with Gasteiger partial charge >= 0.3 is 5.97 Å². The SMILES string of the molecule is NS(=O)(=O)c1ccc(C(=O)OCCN2CCCC2=O)cc1. The maximum atomic E-state index is 11.8. The van der Waals surface area contributed by atoms with Crippen LogP contribution in [0.5, 0.6) is 0 Å². The zero-order valence-electron chi connectivity index (χ0n) is 11.3. The number of hydrogen-bond donors (Lipinski definition) is 1. The van der Waals surface area contributed by atoms with Crippen LogP contribution in [-0.4, -0.2) is 44.9 Å². The molecule has 1 aliphatic rings. The van der Waals surface area contributed by atoms with Crippen molar-refractivity contribution in [2.75, 3.05) is 19.7 Å². The summed E-state index contributed by atoms with van der Waals surface area (Å²) in [5.41, 5.74) is 0.232. The van der Waals surface area contributed by atoms with E-state index in [1.165, 1.54) is 24.3 Å². The second kappa shape index (κ2) is 6.23. The van der Waals surface area contributed by atoms with Gasteiger partial charge in [-0.15, -0.1) is 0 Å². The van der Waals surface area contributed by atoms with Gasteiger partial charge in [0.15, 0.2) is 0 Å². The number of carbonyl (C=O) groups excluding carboxylic acids is 2. The van der Waals surface area contributed by atoms with Crippen molar-refractivity contribution in [1.82, 2.24) is 4.90 Å². The Balaban J connectivity index is 1.87. The van der Waals surface area contributed by atoms with Gasteiger partial charge in [-0.3, -0.25) is 4.79 Å². The molecule has 1 amide bonds. The van der Waals surface area contributed by atoms with Crippen molar-refractivity contribution >= 4 is 21.9 Å². The lowest BCUT2D eigenvalue weighted by Crippen LogP contribution is -2.29. The van der Waals surface area contributed by atoms with Crippen LogP contribution in [-0.2, 0) is 19.6 Å². The van der Waals surface area contributed by atoms with E-state index in [-0.39, 0.29) is 23.0 Å². The van der Waals surface area contributed by atoms with Crippen molar-refractivity contribution in [2.45, 2.75) is 17.7 Å². The molecule has 7 nitrogen and oxygen atoms in total. The third-order valence-corrected chi connectivity index (χ3v) is 4.11. The van der Waals surface area contributed by atoms with Crippen LogP contribution in [0.4, 0.5) is 0 Å². The first-order valence-corrected chi connectivity index (χ1v) is 8.00. The second-order valence-electron chi connectivity index (χ2n) is 4.69. The van der Waals surface area contributed by atoms with Crippen molar-refractivity contribution in [2.24, 2.45) is 5.14 Å². The van der Waals surface area contributed by atoms with E-state index in [2.05, 4.69) is 0 Å². The number of nitrogens with two attached hydrogens (primary N) is 1. The molecule has 114 valence electrons. The van der Waals surface area contributed by atoms with Crippen molar-refractivity contribution < 1.29 is 22.7 Å². The van der Waals surface area contributed by atoms with Gasteiger partial charge in [-0.2, -0.15) is 0 Å². The zero-order chi connectivity index (χ0) is 15.5. The summed E-state index contributed by atoms with van der Waals surface area (Å²) in [6, 6.07) is 5.16. The van der Waals surface area contributed by atoms with Gasteiger partial charge in [0.1, 0.15) is 6.61 Å². The highest BCUT2D eigenvalue weighted by Gasteiger charge is 2.20. The lowest BCUT2D eigenvalue weighted by atomic mass is 10.2. The summed E-state index contributed by atoms with van der Waals surface area (Å²) in [6.07, 6.45) is 1.38. The minimum absolute atomic E-state index is 0.0679. The maximum absolute atomic E-state index is 11.8. The number of ether oxygens (including phenoxy) is 1. The van der Waals surface area contributed by atoms with E-state index >= 15 is 0 Å². The first-order chi connectivity index (χ1) is 9.88. The quantitative estimate of drug-likeness (QED) is 0.777. The highest BCUT2D eigenvalue weighted by Crippen LogP contribution is 2.11. The molecule has 0 atom stereocenters. The molecule has 0 saturated carbocycles. The average Bonchev–Trinajstić information content (AvgIpc) is 2.83. The van der Waals surface area contributed by atoms with Crippen molar-refractivity contribution in [3.8, 4) is 0 Å². The predicted octanol–water partition coefficient (Wildman–Crippen LogP) is 0.113. The summed E-state index contributed by atoms with van der Waals surface area (Å²) < 4.78 is 27.2. The molecule has 0 radical (unpaired) electrons. The fourth-order valence-corrected chi connectivity index (χ4v) is 2.57. The highest BCUT2D eigenvalue weighted by atomic mass is 32.2. The van der Waals surface area contributed by atoms with E-state index in [9.17, 15) is 18.0 Å². The molecular formula is C13H16N2O5S. The lowest BCUT2D eigenvalue weighted by molar-refractivity contribution is -0.128. The van der Waals surface area contributed by atoms with Crippen LogP contribution < -0.4 is 5.14 Å². The van der Waals surface area contributed by atoms with Gasteiger partial charge < -0.3 is 9.64 Å². The molecule has 8 heteroatoms. The van der Waals surface area contributed by atoms with Crippen molar-refractivity contribution in [3.63, 3.8) is 0 Å². The highest BCUT2D eigenvalue weighted by molar-refractivity contribution is 7.89. The summed E-state index contributed by atoms with van der Waals surface area (Å²) in [4.78, 5) is 24.7. The molecule has 1 aromatic rings. The number of carbonyl (C=O) groups is 2. The first kappa shape index (κ1) is 15.5. The fraction of sp³-hybridized carbons (Fsp3) is 0.385. The van der Waals surface area contributed by atoms with E-state index in [0.29, 0.717) is 19.5 Å². The number of nitrogens with zero attached hydrogens (tertiary/aromatic N) is 1. The smallest absolute Gasteiger partial charge is 0.338 e. The van der Waals surface area contributed by atoms with Crippen LogP contribution in [0.1, 0.15) is 23.2 Å². The monoisotopic (exact) mass is 312 g/mol.